The number of hydrogen-bond acceptors (Lipinski definition) is 8. The first-order valence-corrected chi connectivity index (χ1v) is 7.75. The third-order valence-electron chi connectivity index (χ3n) is 1.20. The molecular formula is C6H10O10P2Zr. The van der Waals surface area contributed by atoms with E-state index in [0.717, 1.165) is 0 Å². The van der Waals surface area contributed by atoms with Gasteiger partial charge in [0.1, 0.15) is 0 Å². The summed E-state index contributed by atoms with van der Waals surface area (Å²) in [6.07, 6.45) is -2.82. The molecule has 0 saturated carbocycles. The van der Waals surface area contributed by atoms with Crippen LogP contribution in [0.5, 0.6) is 0 Å². The minimum Gasteiger partial charge on any atom is -0.811 e. The van der Waals surface area contributed by atoms with Crippen LogP contribution in [-0.2, 0) is 44.9 Å². The fourth-order valence-electron chi connectivity index (χ4n) is 0.465. The Morgan fingerprint density at radius 3 is 1.05 bits per heavy atom. The zero-order valence-electron chi connectivity index (χ0n) is 9.38. The Morgan fingerprint density at radius 2 is 1.00 bits per heavy atom. The van der Waals surface area contributed by atoms with Crippen molar-refractivity contribution in [2.24, 2.45) is 0 Å². The summed E-state index contributed by atoms with van der Waals surface area (Å²) >= 11 is 0. The van der Waals surface area contributed by atoms with Crippen LogP contribution < -0.4 is 19.6 Å². The molecule has 2 N–H and O–H groups in total. The average Bonchev–Trinajstić information content (AvgIpc) is 2.10. The summed E-state index contributed by atoms with van der Waals surface area (Å²) in [6.45, 7) is 0. The summed E-state index contributed by atoms with van der Waals surface area (Å²) in [5, 5.41) is 15.8. The summed E-state index contributed by atoms with van der Waals surface area (Å²) in [7, 11) is -9.20. The second-order valence-electron chi connectivity index (χ2n) is 2.96. The maximum Gasteiger partial charge on any atom is 4.00 e. The van der Waals surface area contributed by atoms with E-state index in [1.807, 2.05) is 0 Å². The van der Waals surface area contributed by atoms with Gasteiger partial charge in [-0.05, 0) is 12.3 Å². The summed E-state index contributed by atoms with van der Waals surface area (Å²) in [5.74, 6) is -2.55. The van der Waals surface area contributed by atoms with E-state index in [9.17, 15) is 38.3 Å². The summed E-state index contributed by atoms with van der Waals surface area (Å²) < 4.78 is 19.5. The topological polar surface area (TPSA) is 201 Å². The predicted molar refractivity (Wildman–Crippen MR) is 49.5 cm³/mol. The first-order chi connectivity index (χ1) is 7.83. The van der Waals surface area contributed by atoms with Gasteiger partial charge in [0, 0.05) is 12.8 Å². The van der Waals surface area contributed by atoms with Gasteiger partial charge in [-0.15, -0.1) is 0 Å². The van der Waals surface area contributed by atoms with Gasteiger partial charge in [0.2, 0.25) is 0 Å². The van der Waals surface area contributed by atoms with Crippen LogP contribution in [0.2, 0.25) is 0 Å². The van der Waals surface area contributed by atoms with Gasteiger partial charge in [-0.1, -0.05) is 15.2 Å². The van der Waals surface area contributed by atoms with Crippen molar-refractivity contribution in [3.63, 3.8) is 0 Å². The van der Waals surface area contributed by atoms with Gasteiger partial charge in [-0.25, -0.2) is 0 Å². The molecule has 0 spiro atoms. The molecule has 0 aliphatic heterocycles. The Kier molecular flexibility index (Phi) is 13.8. The molecular weight excluding hydrogens is 385 g/mol. The summed E-state index contributed by atoms with van der Waals surface area (Å²) in [4.78, 5) is 58.3. The molecule has 0 atom stereocenters. The molecule has 0 aliphatic carbocycles. The van der Waals surface area contributed by atoms with Crippen molar-refractivity contribution >= 4 is 27.1 Å². The van der Waals surface area contributed by atoms with Crippen molar-refractivity contribution in [1.29, 1.82) is 0 Å². The minimum absolute atomic E-state index is 0. The van der Waals surface area contributed by atoms with Gasteiger partial charge in [0.05, 0.1) is 0 Å². The van der Waals surface area contributed by atoms with Crippen molar-refractivity contribution < 1.29 is 74.7 Å². The van der Waals surface area contributed by atoms with Gasteiger partial charge in [-0.3, -0.25) is 9.59 Å². The van der Waals surface area contributed by atoms with Crippen molar-refractivity contribution in [3.05, 3.63) is 0 Å². The standard InChI is InChI=1S/2C3H7O5P.Zr/c2*4-3(5)1-2-9(6,7)8;/h2*1-2H2,(H,4,5)(H2,6,7,8);/q;;+4/p-4. The molecule has 0 rings (SSSR count). The smallest absolute Gasteiger partial charge is 0.811 e. The van der Waals surface area contributed by atoms with Crippen LogP contribution in [0.15, 0.2) is 0 Å². The quantitative estimate of drug-likeness (QED) is 0.430. The first kappa shape index (κ1) is 24.2. The molecule has 0 aromatic heterocycles. The van der Waals surface area contributed by atoms with Gasteiger partial charge < -0.3 is 38.9 Å². The normalized spacial score (nSPS) is 10.7. The third-order valence-corrected chi connectivity index (χ3v) is 2.74. The molecule has 0 aromatic carbocycles. The van der Waals surface area contributed by atoms with E-state index in [1.165, 1.54) is 0 Å². The zero-order valence-corrected chi connectivity index (χ0v) is 13.6. The molecule has 0 unspecified atom stereocenters. The second kappa shape index (κ2) is 10.9. The molecule has 0 amide bonds. The molecule has 10 nitrogen and oxygen atoms in total. The van der Waals surface area contributed by atoms with Crippen LogP contribution in [-0.4, -0.2) is 34.5 Å². The first-order valence-electron chi connectivity index (χ1n) is 4.29. The largest absolute Gasteiger partial charge is 4.00 e. The molecule has 0 radical (unpaired) electrons. The summed E-state index contributed by atoms with van der Waals surface area (Å²) in [6, 6.07) is 0. The molecule has 0 heterocycles. The fourth-order valence-corrected chi connectivity index (χ4v) is 1.40. The Morgan fingerprint density at radius 1 is 0.789 bits per heavy atom. The molecule has 0 bridgehead atoms. The maximum absolute atomic E-state index is 9.74. The molecule has 19 heavy (non-hydrogen) atoms. The predicted octanol–water partition coefficient (Wildman–Crippen LogP) is -3.25. The molecule has 0 fully saturated rings. The number of aliphatic carboxylic acids is 2. The van der Waals surface area contributed by atoms with E-state index in [0.29, 0.717) is 0 Å². The van der Waals surface area contributed by atoms with Gasteiger partial charge in [-0.2, -0.15) is 0 Å². The van der Waals surface area contributed by atoms with Crippen LogP contribution in [0.4, 0.5) is 0 Å². The van der Waals surface area contributed by atoms with E-state index in [1.54, 1.807) is 0 Å². The fraction of sp³-hybridized carbons (Fsp3) is 0.667. The number of rotatable bonds is 6. The van der Waals surface area contributed by atoms with Crippen molar-refractivity contribution in [1.82, 2.24) is 0 Å². The van der Waals surface area contributed by atoms with Crippen molar-refractivity contribution in [2.75, 3.05) is 12.3 Å². The number of hydrogen-bond donors (Lipinski definition) is 2. The van der Waals surface area contributed by atoms with Crippen molar-refractivity contribution in [3.8, 4) is 0 Å². The second-order valence-corrected chi connectivity index (χ2v) is 6.29. The van der Waals surface area contributed by atoms with Crippen LogP contribution in [0.25, 0.3) is 0 Å². The van der Waals surface area contributed by atoms with Crippen molar-refractivity contribution in [2.45, 2.75) is 12.8 Å². The Balaban J connectivity index is -0.000000256. The van der Waals surface area contributed by atoms with Crippen LogP contribution in [0.1, 0.15) is 12.8 Å². The van der Waals surface area contributed by atoms with E-state index in [2.05, 4.69) is 0 Å². The monoisotopic (exact) mass is 394 g/mol. The number of carboxylic acids is 2. The Bertz CT molecular complexity index is 334. The van der Waals surface area contributed by atoms with E-state index in [-0.39, 0.29) is 26.2 Å². The van der Waals surface area contributed by atoms with Crippen LogP contribution >= 0.6 is 15.2 Å². The van der Waals surface area contributed by atoms with E-state index < -0.39 is 52.3 Å². The summed E-state index contributed by atoms with van der Waals surface area (Å²) in [5.41, 5.74) is 0. The molecule has 0 aliphatic rings. The van der Waals surface area contributed by atoms with E-state index in [4.69, 9.17) is 10.2 Å². The van der Waals surface area contributed by atoms with Gasteiger partial charge in [0.25, 0.3) is 0 Å². The maximum atomic E-state index is 9.74. The zero-order chi connectivity index (χ0) is 15.0. The Hall–Kier alpha value is 0.123. The number of carbonyl (C=O) groups is 2. The molecule has 0 aromatic rings. The van der Waals surface area contributed by atoms with Crippen LogP contribution in [0.3, 0.4) is 0 Å². The van der Waals surface area contributed by atoms with Gasteiger partial charge in [0.15, 0.2) is 0 Å². The molecule has 0 saturated heterocycles. The van der Waals surface area contributed by atoms with E-state index >= 15 is 0 Å². The van der Waals surface area contributed by atoms with Gasteiger partial charge >= 0.3 is 38.1 Å². The average molecular weight is 395 g/mol. The minimum atomic E-state index is -4.60. The molecule has 13 heteroatoms. The SMILES string of the molecule is O=C(O)CCP(=O)([O-])[O-].O=C(O)CCP(=O)([O-])[O-].[Zr+4]. The van der Waals surface area contributed by atoms with Crippen LogP contribution in [0, 0.1) is 0 Å². The number of carboxylic acid groups (broad SMARTS) is 2. The molecule has 108 valence electrons. The third kappa shape index (κ3) is 32.1. The Labute approximate surface area is 127 Å².